The smallest absolute Gasteiger partial charge is 0.0456 e. The van der Waals surface area contributed by atoms with Crippen LogP contribution >= 0.6 is 23.4 Å². The summed E-state index contributed by atoms with van der Waals surface area (Å²) in [5.74, 6) is 0. The molecule has 2 rings (SSSR count). The van der Waals surface area contributed by atoms with Crippen molar-refractivity contribution in [2.24, 2.45) is 0 Å². The minimum atomic E-state index is 0.751. The molecule has 2 N–H and O–H groups in total. The first-order valence-electron chi connectivity index (χ1n) is 4.95. The summed E-state index contributed by atoms with van der Waals surface area (Å²) in [6.45, 7) is 2.06. The Kier molecular flexibility index (Phi) is 3.42. The normalized spacial score (nSPS) is 10.4. The monoisotopic (exact) mass is 249 g/mol. The van der Waals surface area contributed by atoms with Crippen molar-refractivity contribution in [2.75, 3.05) is 5.73 Å². The van der Waals surface area contributed by atoms with Gasteiger partial charge in [0.15, 0.2) is 0 Å². The van der Waals surface area contributed by atoms with E-state index in [-0.39, 0.29) is 0 Å². The molecule has 1 nitrogen and oxygen atoms in total. The van der Waals surface area contributed by atoms with Crippen molar-refractivity contribution in [1.82, 2.24) is 0 Å². The molecule has 0 radical (unpaired) electrons. The zero-order chi connectivity index (χ0) is 11.5. The van der Waals surface area contributed by atoms with E-state index < -0.39 is 0 Å². The number of aryl methyl sites for hydroxylation is 1. The molecule has 3 heteroatoms. The van der Waals surface area contributed by atoms with Crippen molar-refractivity contribution >= 4 is 29.1 Å². The minimum absolute atomic E-state index is 0.751. The van der Waals surface area contributed by atoms with Crippen molar-refractivity contribution in [3.8, 4) is 0 Å². The molecule has 0 unspecified atom stereocenters. The zero-order valence-corrected chi connectivity index (χ0v) is 10.5. The number of hydrogen-bond donors (Lipinski definition) is 1. The van der Waals surface area contributed by atoms with Crippen LogP contribution < -0.4 is 5.73 Å². The van der Waals surface area contributed by atoms with Crippen LogP contribution in [-0.2, 0) is 0 Å². The molecule has 0 fully saturated rings. The molecule has 0 bridgehead atoms. The summed E-state index contributed by atoms with van der Waals surface area (Å²) in [6, 6.07) is 13.8. The Bertz CT molecular complexity index is 494. The van der Waals surface area contributed by atoms with Crippen LogP contribution in [0.25, 0.3) is 0 Å². The predicted molar refractivity (Wildman–Crippen MR) is 71.2 cm³/mol. The Morgan fingerprint density at radius 2 is 1.75 bits per heavy atom. The second-order valence-electron chi connectivity index (χ2n) is 3.60. The third-order valence-electron chi connectivity index (χ3n) is 2.21. The van der Waals surface area contributed by atoms with Gasteiger partial charge < -0.3 is 5.73 Å². The first-order chi connectivity index (χ1) is 7.65. The molecular weight excluding hydrogens is 238 g/mol. The molecule has 0 aliphatic rings. The molecule has 0 spiro atoms. The van der Waals surface area contributed by atoms with Gasteiger partial charge in [0.2, 0.25) is 0 Å². The quantitative estimate of drug-likeness (QED) is 0.800. The van der Waals surface area contributed by atoms with E-state index in [0.717, 1.165) is 20.5 Å². The van der Waals surface area contributed by atoms with Gasteiger partial charge in [0, 0.05) is 20.5 Å². The lowest BCUT2D eigenvalue weighted by atomic mass is 10.2. The number of rotatable bonds is 2. The van der Waals surface area contributed by atoms with Crippen LogP contribution in [0.15, 0.2) is 52.3 Å². The first-order valence-corrected chi connectivity index (χ1v) is 6.14. The van der Waals surface area contributed by atoms with Crippen LogP contribution in [0, 0.1) is 6.92 Å². The molecule has 0 atom stereocenters. The van der Waals surface area contributed by atoms with Gasteiger partial charge in [0.25, 0.3) is 0 Å². The fraction of sp³-hybridized carbons (Fsp3) is 0.0769. The van der Waals surface area contributed by atoms with Crippen LogP contribution in [0.2, 0.25) is 5.02 Å². The summed E-state index contributed by atoms with van der Waals surface area (Å²) in [7, 11) is 0. The highest BCUT2D eigenvalue weighted by molar-refractivity contribution is 7.99. The predicted octanol–water partition coefficient (Wildman–Crippen LogP) is 4.38. The summed E-state index contributed by atoms with van der Waals surface area (Å²) in [5.41, 5.74) is 7.94. The number of hydrogen-bond acceptors (Lipinski definition) is 2. The fourth-order valence-corrected chi connectivity index (χ4v) is 2.44. The Morgan fingerprint density at radius 3 is 2.44 bits per heavy atom. The van der Waals surface area contributed by atoms with E-state index in [2.05, 4.69) is 13.0 Å². The largest absolute Gasteiger partial charge is 0.398 e. The van der Waals surface area contributed by atoms with Gasteiger partial charge in [-0.1, -0.05) is 29.4 Å². The van der Waals surface area contributed by atoms with Gasteiger partial charge in [-0.2, -0.15) is 0 Å². The molecule has 82 valence electrons. The lowest BCUT2D eigenvalue weighted by molar-refractivity contribution is 1.35. The molecule has 2 aromatic carbocycles. The minimum Gasteiger partial charge on any atom is -0.398 e. The molecule has 0 saturated heterocycles. The van der Waals surface area contributed by atoms with E-state index in [1.54, 1.807) is 11.8 Å². The third-order valence-corrected chi connectivity index (χ3v) is 3.54. The number of nitrogen functional groups attached to an aromatic ring is 1. The lowest BCUT2D eigenvalue weighted by Crippen LogP contribution is -1.88. The maximum atomic E-state index is 5.92. The number of halogens is 1. The van der Waals surface area contributed by atoms with E-state index in [1.165, 1.54) is 5.56 Å². The van der Waals surface area contributed by atoms with Crippen molar-refractivity contribution in [1.29, 1.82) is 0 Å². The Hall–Kier alpha value is -1.12. The Morgan fingerprint density at radius 1 is 1.06 bits per heavy atom. The number of nitrogens with two attached hydrogens (primary N) is 1. The maximum Gasteiger partial charge on any atom is 0.0456 e. The van der Waals surface area contributed by atoms with Crippen LogP contribution in [-0.4, -0.2) is 0 Å². The third kappa shape index (κ3) is 2.71. The Labute approximate surface area is 105 Å². The van der Waals surface area contributed by atoms with Crippen molar-refractivity contribution in [3.63, 3.8) is 0 Å². The van der Waals surface area contributed by atoms with E-state index in [9.17, 15) is 0 Å². The van der Waals surface area contributed by atoms with E-state index >= 15 is 0 Å². The second kappa shape index (κ2) is 4.81. The molecule has 16 heavy (non-hydrogen) atoms. The SMILES string of the molecule is Cc1ccc(N)c(Sc2ccc(Cl)cc2)c1. The van der Waals surface area contributed by atoms with Crippen LogP contribution in [0.1, 0.15) is 5.56 Å². The van der Waals surface area contributed by atoms with Crippen LogP contribution in [0.5, 0.6) is 0 Å². The number of benzene rings is 2. The molecule has 0 aromatic heterocycles. The second-order valence-corrected chi connectivity index (χ2v) is 5.15. The maximum absolute atomic E-state index is 5.92. The van der Waals surface area contributed by atoms with Crippen molar-refractivity contribution in [3.05, 3.63) is 53.1 Å². The van der Waals surface area contributed by atoms with Gasteiger partial charge >= 0.3 is 0 Å². The highest BCUT2D eigenvalue weighted by atomic mass is 35.5. The number of anilines is 1. The van der Waals surface area contributed by atoms with Gasteiger partial charge in [-0.05, 0) is 48.9 Å². The summed E-state index contributed by atoms with van der Waals surface area (Å²) >= 11 is 7.49. The highest BCUT2D eigenvalue weighted by Crippen LogP contribution is 2.33. The molecule has 2 aromatic rings. The van der Waals surface area contributed by atoms with Crippen LogP contribution in [0.3, 0.4) is 0 Å². The van der Waals surface area contributed by atoms with Crippen LogP contribution in [0.4, 0.5) is 5.69 Å². The van der Waals surface area contributed by atoms with E-state index in [1.807, 2.05) is 36.4 Å². The molecule has 0 aliphatic heterocycles. The first kappa shape index (κ1) is 11.4. The van der Waals surface area contributed by atoms with Gasteiger partial charge in [0.05, 0.1) is 0 Å². The van der Waals surface area contributed by atoms with Gasteiger partial charge in [0.1, 0.15) is 0 Å². The average Bonchev–Trinajstić information content (AvgIpc) is 2.27. The summed E-state index contributed by atoms with van der Waals surface area (Å²) in [6.07, 6.45) is 0. The van der Waals surface area contributed by atoms with E-state index in [0.29, 0.717) is 0 Å². The van der Waals surface area contributed by atoms with Gasteiger partial charge in [-0.3, -0.25) is 0 Å². The molecular formula is C13H12ClNS. The van der Waals surface area contributed by atoms with E-state index in [4.69, 9.17) is 17.3 Å². The lowest BCUT2D eigenvalue weighted by Gasteiger charge is -2.06. The zero-order valence-electron chi connectivity index (χ0n) is 8.91. The Balaban J connectivity index is 2.26. The van der Waals surface area contributed by atoms with Gasteiger partial charge in [-0.15, -0.1) is 0 Å². The summed E-state index contributed by atoms with van der Waals surface area (Å²) in [4.78, 5) is 2.23. The molecule has 0 amide bonds. The summed E-state index contributed by atoms with van der Waals surface area (Å²) in [5, 5.41) is 0.751. The van der Waals surface area contributed by atoms with Crippen molar-refractivity contribution in [2.45, 2.75) is 16.7 Å². The molecule has 0 saturated carbocycles. The summed E-state index contributed by atoms with van der Waals surface area (Å²) < 4.78 is 0. The molecule has 0 aliphatic carbocycles. The fourth-order valence-electron chi connectivity index (χ4n) is 1.36. The molecule has 0 heterocycles. The average molecular weight is 250 g/mol. The van der Waals surface area contributed by atoms with Crippen molar-refractivity contribution < 1.29 is 0 Å². The standard InChI is InChI=1S/C13H12ClNS/c1-9-2-7-12(15)13(8-9)16-11-5-3-10(14)4-6-11/h2-8H,15H2,1H3. The van der Waals surface area contributed by atoms with Gasteiger partial charge in [-0.25, -0.2) is 0 Å². The topological polar surface area (TPSA) is 26.0 Å². The highest BCUT2D eigenvalue weighted by Gasteiger charge is 2.02.